The Morgan fingerprint density at radius 3 is 1.87 bits per heavy atom. The number of rotatable bonds is 7. The summed E-state index contributed by atoms with van der Waals surface area (Å²) < 4.78 is 6.78. The van der Waals surface area contributed by atoms with E-state index in [2.05, 4.69) is 37.8 Å². The van der Waals surface area contributed by atoms with Gasteiger partial charge in [0.15, 0.2) is 0 Å². The van der Waals surface area contributed by atoms with Crippen molar-refractivity contribution in [3.63, 3.8) is 0 Å². The van der Waals surface area contributed by atoms with Crippen LogP contribution in [0.1, 0.15) is 40.0 Å². The van der Waals surface area contributed by atoms with Crippen LogP contribution in [-0.4, -0.2) is 32.9 Å². The Morgan fingerprint density at radius 1 is 1.00 bits per heavy atom. The van der Waals surface area contributed by atoms with Crippen molar-refractivity contribution < 1.29 is 0 Å². The first kappa shape index (κ1) is 13.9. The van der Waals surface area contributed by atoms with E-state index >= 15 is 0 Å². The van der Waals surface area contributed by atoms with Gasteiger partial charge >= 0.3 is 106 Å². The van der Waals surface area contributed by atoms with Gasteiger partial charge in [0.25, 0.3) is 0 Å². The van der Waals surface area contributed by atoms with Crippen molar-refractivity contribution in [2.24, 2.45) is 0 Å². The van der Waals surface area contributed by atoms with Crippen molar-refractivity contribution >= 4 is 35.3 Å². The number of hydrogen-bond acceptors (Lipinski definition) is 0. The van der Waals surface area contributed by atoms with Crippen LogP contribution in [0.3, 0.4) is 0 Å². The Balaban J connectivity index is 2.90. The van der Waals surface area contributed by atoms with Crippen molar-refractivity contribution in [3.05, 3.63) is 17.1 Å². The molecule has 0 aliphatic carbocycles. The fourth-order valence-corrected chi connectivity index (χ4v) is 27.0. The van der Waals surface area contributed by atoms with Gasteiger partial charge in [0.2, 0.25) is 0 Å². The average molecular weight is 378 g/mol. The van der Waals surface area contributed by atoms with Gasteiger partial charge in [-0.25, -0.2) is 0 Å². The van der Waals surface area contributed by atoms with Gasteiger partial charge in [0, 0.05) is 0 Å². The van der Waals surface area contributed by atoms with E-state index in [1.807, 2.05) is 2.45 Å². The van der Waals surface area contributed by atoms with Gasteiger partial charge in [0.1, 0.15) is 0 Å². The van der Waals surface area contributed by atoms with E-state index in [-0.39, 0.29) is 0 Å². The molecule has 1 rings (SSSR count). The van der Waals surface area contributed by atoms with Crippen molar-refractivity contribution in [3.8, 4) is 0 Å². The van der Waals surface area contributed by atoms with Crippen LogP contribution in [0.4, 0.5) is 0 Å². The van der Waals surface area contributed by atoms with Crippen LogP contribution in [0.25, 0.3) is 0 Å². The molecule has 2 heteroatoms. The summed E-state index contributed by atoms with van der Waals surface area (Å²) in [5, 5.41) is 0. The van der Waals surface area contributed by atoms with Crippen LogP contribution < -0.4 is 2.45 Å². The zero-order valence-corrected chi connectivity index (χ0v) is 15.0. The Morgan fingerprint density at radius 2 is 1.53 bits per heavy atom. The molecule has 1 aromatic heterocycles. The van der Waals surface area contributed by atoms with Crippen molar-refractivity contribution in [2.75, 3.05) is 0 Å². The maximum absolute atomic E-state index is 2.50. The molecule has 86 valence electrons. The molecule has 0 N–H and O–H groups in total. The molecule has 0 aromatic carbocycles. The minimum absolute atomic E-state index is 0.746. The van der Waals surface area contributed by atoms with Gasteiger partial charge in [-0.05, 0) is 0 Å². The van der Waals surface area contributed by atoms with E-state index in [1.165, 1.54) is 19.3 Å². The predicted molar refractivity (Wildman–Crippen MR) is 74.1 cm³/mol. The average Bonchev–Trinajstić information content (AvgIpc) is 2.72. The van der Waals surface area contributed by atoms with E-state index in [9.17, 15) is 0 Å². The van der Waals surface area contributed by atoms with Crippen LogP contribution in [0.2, 0.25) is 13.3 Å². The molecule has 0 bridgehead atoms. The summed E-state index contributed by atoms with van der Waals surface area (Å²) in [7, 11) is 0. The molecule has 15 heavy (non-hydrogen) atoms. The van der Waals surface area contributed by atoms with Crippen molar-refractivity contribution in [1.82, 2.24) is 0 Å². The van der Waals surface area contributed by atoms with Gasteiger partial charge in [-0.2, -0.15) is 0 Å². The predicted octanol–water partition coefficient (Wildman–Crippen LogP) is 3.63. The summed E-state index contributed by atoms with van der Waals surface area (Å²) in [4.78, 5) is 2.43. The molecule has 0 saturated heterocycles. The Kier molecular flexibility index (Phi) is 6.64. The second-order valence-electron chi connectivity index (χ2n) is 4.51. The zero-order chi connectivity index (χ0) is 11.1. The molecule has 0 aliphatic rings. The van der Waals surface area contributed by atoms with Crippen LogP contribution in [0.15, 0.2) is 17.1 Å². The van der Waals surface area contributed by atoms with Crippen LogP contribution >= 0.6 is 0 Å². The molecular weight excluding hydrogens is 354 g/mol. The molecule has 0 atom stereocenters. The van der Waals surface area contributed by atoms with Gasteiger partial charge in [-0.3, -0.25) is 0 Å². The summed E-state index contributed by atoms with van der Waals surface area (Å²) >= 11 is -1.11. The third-order valence-corrected chi connectivity index (χ3v) is 28.4. The Hall–Kier alpha value is 0.798. The Bertz CT molecular complexity index is 236. The topological polar surface area (TPSA) is 0 Å². The summed E-state index contributed by atoms with van der Waals surface area (Å²) in [6.45, 7) is 7.15. The molecule has 1 heterocycles. The van der Waals surface area contributed by atoms with Crippen LogP contribution in [0, 0.1) is 0 Å². The molecule has 0 aliphatic heterocycles. The molecule has 0 saturated carbocycles. The summed E-state index contributed by atoms with van der Waals surface area (Å²) in [6.07, 6.45) is 4.26. The maximum atomic E-state index is 2.50. The third-order valence-electron chi connectivity index (χ3n) is 3.23. The molecule has 0 spiro atoms. The third kappa shape index (κ3) is 3.64. The molecule has 0 amide bonds. The first-order valence-corrected chi connectivity index (χ1v) is 15.7. The summed E-state index contributed by atoms with van der Waals surface area (Å²) in [5.41, 5.74) is 0. The molecular formula is C13H24SeSn. The van der Waals surface area contributed by atoms with E-state index < -0.39 is 18.4 Å². The van der Waals surface area contributed by atoms with Crippen molar-refractivity contribution in [1.29, 1.82) is 0 Å². The van der Waals surface area contributed by atoms with E-state index in [1.54, 1.807) is 13.3 Å². The normalized spacial score (nSPS) is 11.9. The first-order valence-electron chi connectivity index (χ1n) is 6.33. The number of hydrogen-bond donors (Lipinski definition) is 0. The molecule has 1 aromatic rings. The fourth-order valence-electron chi connectivity index (χ4n) is 2.76. The van der Waals surface area contributed by atoms with Gasteiger partial charge in [-0.1, -0.05) is 0 Å². The summed E-state index contributed by atoms with van der Waals surface area (Å²) in [5.74, 6) is 0. The molecule has 0 fully saturated rings. The zero-order valence-electron chi connectivity index (χ0n) is 10.4. The summed E-state index contributed by atoms with van der Waals surface area (Å²) in [6, 6.07) is 4.82. The molecule has 0 radical (unpaired) electrons. The van der Waals surface area contributed by atoms with Crippen LogP contribution in [0.5, 0.6) is 0 Å². The fraction of sp³-hybridized carbons (Fsp3) is 0.692. The second-order valence-corrected chi connectivity index (χ2v) is 21.9. The second kappa shape index (κ2) is 7.19. The standard InChI is InChI=1S/C4H3Se.3C3H7.Sn/c1-2-4-5-3-1;3*1-3-2;/h1-3H;3*1,3H2,2H3;. The Labute approximate surface area is 105 Å². The minimum atomic E-state index is -1.85. The first-order chi connectivity index (χ1) is 7.29. The quantitative estimate of drug-likeness (QED) is 0.636. The van der Waals surface area contributed by atoms with E-state index in [4.69, 9.17) is 0 Å². The van der Waals surface area contributed by atoms with Crippen LogP contribution in [-0.2, 0) is 0 Å². The van der Waals surface area contributed by atoms with E-state index in [0.29, 0.717) is 0 Å². The van der Waals surface area contributed by atoms with Gasteiger partial charge < -0.3 is 0 Å². The van der Waals surface area contributed by atoms with Gasteiger partial charge in [-0.15, -0.1) is 0 Å². The monoisotopic (exact) mass is 380 g/mol. The van der Waals surface area contributed by atoms with Crippen molar-refractivity contribution in [2.45, 2.75) is 53.3 Å². The van der Waals surface area contributed by atoms with Gasteiger partial charge in [0.05, 0.1) is 0 Å². The SMILES string of the molecule is CC[CH2][Sn]([CH2]CC)([CH2]CC)[c]1ccc[se]1. The molecule has 0 nitrogen and oxygen atoms in total. The van der Waals surface area contributed by atoms with E-state index in [0.717, 1.165) is 14.5 Å². The molecule has 0 unspecified atom stereocenters.